The van der Waals surface area contributed by atoms with Gasteiger partial charge in [-0.15, -0.1) is 11.8 Å². The number of halogens is 1. The molecule has 1 heterocycles. The molecule has 0 aliphatic rings. The fourth-order valence-electron chi connectivity index (χ4n) is 2.37. The van der Waals surface area contributed by atoms with Crippen LogP contribution in [0.4, 0.5) is 11.4 Å². The Balaban J connectivity index is 2.12. The molecule has 0 aliphatic carbocycles. The van der Waals surface area contributed by atoms with Crippen LogP contribution in [0.3, 0.4) is 0 Å². The number of aromatic nitrogens is 1. The fourth-order valence-corrected chi connectivity index (χ4v) is 3.00. The highest BCUT2D eigenvalue weighted by Crippen LogP contribution is 2.30. The first kappa shape index (κ1) is 16.6. The van der Waals surface area contributed by atoms with Crippen molar-refractivity contribution in [2.45, 2.75) is 4.90 Å². The maximum atomic E-state index is 11.9. The minimum atomic E-state index is -0.479. The van der Waals surface area contributed by atoms with E-state index >= 15 is 0 Å². The normalized spacial score (nSPS) is 10.6. The average Bonchev–Trinajstić information content (AvgIpc) is 2.61. The second kappa shape index (κ2) is 7.11. The summed E-state index contributed by atoms with van der Waals surface area (Å²) in [5.74, 6) is -0.479. The Labute approximate surface area is 149 Å². The molecule has 0 saturated carbocycles. The number of hydrogen-bond donors (Lipinski definition) is 1. The van der Waals surface area contributed by atoms with E-state index in [1.807, 2.05) is 36.6 Å². The summed E-state index contributed by atoms with van der Waals surface area (Å²) in [6, 6.07) is 15.1. The van der Waals surface area contributed by atoms with Crippen molar-refractivity contribution in [1.29, 1.82) is 0 Å². The van der Waals surface area contributed by atoms with Crippen molar-refractivity contribution in [1.82, 2.24) is 4.98 Å². The predicted molar refractivity (Wildman–Crippen MR) is 99.6 cm³/mol. The lowest BCUT2D eigenvalue weighted by molar-refractivity contribution is 0.0594. The molecule has 0 amide bonds. The number of benzene rings is 2. The van der Waals surface area contributed by atoms with Gasteiger partial charge in [-0.25, -0.2) is 9.78 Å². The maximum Gasteiger partial charge on any atom is 0.356 e. The van der Waals surface area contributed by atoms with Crippen molar-refractivity contribution in [3.8, 4) is 0 Å². The second-order valence-corrected chi connectivity index (χ2v) is 6.38. The fraction of sp³-hybridized carbons (Fsp3) is 0.111. The second-order valence-electron chi connectivity index (χ2n) is 5.07. The van der Waals surface area contributed by atoms with Gasteiger partial charge >= 0.3 is 5.97 Å². The highest BCUT2D eigenvalue weighted by Gasteiger charge is 2.13. The van der Waals surface area contributed by atoms with Gasteiger partial charge in [0, 0.05) is 21.0 Å². The number of esters is 1. The van der Waals surface area contributed by atoms with E-state index in [-0.39, 0.29) is 5.69 Å². The SMILES string of the molecule is COC(=O)c1cc(Nc2cccc(SC)c2)c2cc(Cl)ccc2n1. The Morgan fingerprint density at radius 3 is 2.79 bits per heavy atom. The number of thioether (sulfide) groups is 1. The molecule has 3 rings (SSSR count). The smallest absolute Gasteiger partial charge is 0.356 e. The number of ether oxygens (including phenoxy) is 1. The average molecular weight is 359 g/mol. The number of carbonyl (C=O) groups excluding carboxylic acids is 1. The van der Waals surface area contributed by atoms with Crippen molar-refractivity contribution in [2.24, 2.45) is 0 Å². The molecular weight excluding hydrogens is 344 g/mol. The number of anilines is 2. The highest BCUT2D eigenvalue weighted by atomic mass is 35.5. The molecule has 0 atom stereocenters. The number of nitrogens with one attached hydrogen (secondary N) is 1. The molecule has 0 bridgehead atoms. The van der Waals surface area contributed by atoms with Crippen molar-refractivity contribution in [3.63, 3.8) is 0 Å². The molecule has 0 unspecified atom stereocenters. The number of hydrogen-bond acceptors (Lipinski definition) is 5. The molecule has 122 valence electrons. The number of rotatable bonds is 4. The van der Waals surface area contributed by atoms with Gasteiger partial charge in [-0.2, -0.15) is 0 Å². The monoisotopic (exact) mass is 358 g/mol. The zero-order valence-corrected chi connectivity index (χ0v) is 14.7. The van der Waals surface area contributed by atoms with Crippen LogP contribution in [0.25, 0.3) is 10.9 Å². The number of nitrogens with zero attached hydrogens (tertiary/aromatic N) is 1. The molecule has 24 heavy (non-hydrogen) atoms. The summed E-state index contributed by atoms with van der Waals surface area (Å²) in [5, 5.41) is 4.79. The van der Waals surface area contributed by atoms with Gasteiger partial charge in [-0.1, -0.05) is 17.7 Å². The topological polar surface area (TPSA) is 51.2 Å². The van der Waals surface area contributed by atoms with E-state index in [9.17, 15) is 4.79 Å². The molecular formula is C18H15ClN2O2S. The lowest BCUT2D eigenvalue weighted by atomic mass is 10.1. The zero-order chi connectivity index (χ0) is 17.1. The molecule has 2 aromatic carbocycles. The Kier molecular flexibility index (Phi) is 4.92. The lowest BCUT2D eigenvalue weighted by Crippen LogP contribution is -2.06. The van der Waals surface area contributed by atoms with Crippen LogP contribution in [0, 0.1) is 0 Å². The van der Waals surface area contributed by atoms with Crippen LogP contribution >= 0.6 is 23.4 Å². The van der Waals surface area contributed by atoms with Crippen LogP contribution in [0.5, 0.6) is 0 Å². The van der Waals surface area contributed by atoms with Gasteiger partial charge in [0.25, 0.3) is 0 Å². The van der Waals surface area contributed by atoms with E-state index in [0.717, 1.165) is 21.7 Å². The Morgan fingerprint density at radius 1 is 1.21 bits per heavy atom. The van der Waals surface area contributed by atoms with Crippen LogP contribution in [0.15, 0.2) is 53.4 Å². The molecule has 1 aromatic heterocycles. The third-order valence-electron chi connectivity index (χ3n) is 3.51. The summed E-state index contributed by atoms with van der Waals surface area (Å²) in [6.45, 7) is 0. The Hall–Kier alpha value is -2.24. The summed E-state index contributed by atoms with van der Waals surface area (Å²) < 4.78 is 4.79. The predicted octanol–water partition coefficient (Wildman–Crippen LogP) is 5.14. The van der Waals surface area contributed by atoms with Crippen molar-refractivity contribution >= 4 is 51.6 Å². The molecule has 6 heteroatoms. The number of methoxy groups -OCH3 is 1. The molecule has 4 nitrogen and oxygen atoms in total. The van der Waals surface area contributed by atoms with Gasteiger partial charge in [-0.05, 0) is 48.7 Å². The van der Waals surface area contributed by atoms with E-state index < -0.39 is 5.97 Å². The number of carbonyl (C=O) groups is 1. The third-order valence-corrected chi connectivity index (χ3v) is 4.47. The first-order chi connectivity index (χ1) is 11.6. The van der Waals surface area contributed by atoms with Crippen LogP contribution in [-0.2, 0) is 4.74 Å². The van der Waals surface area contributed by atoms with Gasteiger partial charge < -0.3 is 10.1 Å². The van der Waals surface area contributed by atoms with Gasteiger partial charge in [0.1, 0.15) is 0 Å². The highest BCUT2D eigenvalue weighted by molar-refractivity contribution is 7.98. The van der Waals surface area contributed by atoms with E-state index in [4.69, 9.17) is 16.3 Å². The van der Waals surface area contributed by atoms with Gasteiger partial charge in [0.15, 0.2) is 5.69 Å². The quantitative estimate of drug-likeness (QED) is 0.517. The summed E-state index contributed by atoms with van der Waals surface area (Å²) in [5.41, 5.74) is 2.59. The van der Waals surface area contributed by atoms with Crippen LogP contribution in [0.2, 0.25) is 5.02 Å². The molecule has 0 fully saturated rings. The Morgan fingerprint density at radius 2 is 2.04 bits per heavy atom. The van der Waals surface area contributed by atoms with Crippen LogP contribution in [-0.4, -0.2) is 24.3 Å². The Bertz CT molecular complexity index is 915. The van der Waals surface area contributed by atoms with Crippen molar-refractivity contribution in [3.05, 3.63) is 59.2 Å². The third kappa shape index (κ3) is 3.47. The van der Waals surface area contributed by atoms with Crippen molar-refractivity contribution < 1.29 is 9.53 Å². The van der Waals surface area contributed by atoms with Crippen molar-refractivity contribution in [2.75, 3.05) is 18.7 Å². The number of fused-ring (bicyclic) bond motifs is 1. The van der Waals surface area contributed by atoms with E-state index in [2.05, 4.69) is 10.3 Å². The lowest BCUT2D eigenvalue weighted by Gasteiger charge is -2.12. The van der Waals surface area contributed by atoms with Gasteiger partial charge in [-0.3, -0.25) is 0 Å². The largest absolute Gasteiger partial charge is 0.464 e. The maximum absolute atomic E-state index is 11.9. The van der Waals surface area contributed by atoms with E-state index in [0.29, 0.717) is 10.5 Å². The van der Waals surface area contributed by atoms with Crippen LogP contribution < -0.4 is 5.32 Å². The van der Waals surface area contributed by atoms with E-state index in [1.54, 1.807) is 30.0 Å². The summed E-state index contributed by atoms with van der Waals surface area (Å²) in [4.78, 5) is 17.4. The number of pyridine rings is 1. The minimum absolute atomic E-state index is 0.246. The molecule has 3 aromatic rings. The van der Waals surface area contributed by atoms with Gasteiger partial charge in [0.2, 0.25) is 0 Å². The molecule has 0 aliphatic heterocycles. The molecule has 0 spiro atoms. The summed E-state index contributed by atoms with van der Waals surface area (Å²) in [7, 11) is 1.34. The van der Waals surface area contributed by atoms with E-state index in [1.165, 1.54) is 7.11 Å². The zero-order valence-electron chi connectivity index (χ0n) is 13.2. The molecule has 0 radical (unpaired) electrons. The molecule has 1 N–H and O–H groups in total. The van der Waals surface area contributed by atoms with Gasteiger partial charge in [0.05, 0.1) is 18.3 Å². The summed E-state index contributed by atoms with van der Waals surface area (Å²) in [6.07, 6.45) is 2.02. The molecule has 0 saturated heterocycles. The summed E-state index contributed by atoms with van der Waals surface area (Å²) >= 11 is 7.78. The first-order valence-corrected chi connectivity index (χ1v) is 8.80. The van der Waals surface area contributed by atoms with Crippen LogP contribution in [0.1, 0.15) is 10.5 Å². The standard InChI is InChI=1S/C18H15ClN2O2S/c1-23-18(22)17-10-16(14-8-11(19)6-7-15(14)21-17)20-12-4-3-5-13(9-12)24-2/h3-10H,1-2H3,(H,20,21). The minimum Gasteiger partial charge on any atom is -0.464 e. The first-order valence-electron chi connectivity index (χ1n) is 7.20.